The van der Waals surface area contributed by atoms with Crippen molar-refractivity contribution in [1.29, 1.82) is 0 Å². The Kier molecular flexibility index (Phi) is 8.52. The van der Waals surface area contributed by atoms with Crippen molar-refractivity contribution in [3.05, 3.63) is 78.4 Å². The van der Waals surface area contributed by atoms with E-state index in [1.807, 2.05) is 30.3 Å². The molecule has 7 heteroatoms. The van der Waals surface area contributed by atoms with E-state index in [4.69, 9.17) is 14.2 Å². The molecule has 0 radical (unpaired) electrons. The standard InChI is InChI=1S/C24H27NO6/c1-5-22(27)25(15-19-11-13-21(29-3)14-12-19)24(18(2)26,23(28)30-4)17-31-16-20-9-7-6-8-10-20/h5-14H,1,15-17H2,2-4H3/t24-/m1/s1. The van der Waals surface area contributed by atoms with E-state index in [2.05, 4.69) is 6.58 Å². The number of hydrogen-bond donors (Lipinski definition) is 0. The molecule has 0 unspecified atom stereocenters. The summed E-state index contributed by atoms with van der Waals surface area (Å²) in [5.41, 5.74) is -0.412. The molecule has 0 aliphatic rings. The number of ether oxygens (including phenoxy) is 3. The summed E-state index contributed by atoms with van der Waals surface area (Å²) in [5.74, 6) is -1.41. The van der Waals surface area contributed by atoms with Gasteiger partial charge in [0.25, 0.3) is 0 Å². The minimum Gasteiger partial charge on any atom is -0.497 e. The van der Waals surface area contributed by atoms with Gasteiger partial charge in [-0.3, -0.25) is 9.59 Å². The zero-order valence-electron chi connectivity index (χ0n) is 18.0. The number of carbonyl (C=O) groups excluding carboxylic acids is 3. The van der Waals surface area contributed by atoms with Gasteiger partial charge in [0, 0.05) is 6.54 Å². The molecule has 0 heterocycles. The van der Waals surface area contributed by atoms with Crippen molar-refractivity contribution in [3.63, 3.8) is 0 Å². The SMILES string of the molecule is C=CC(=O)N(Cc1ccc(OC)cc1)[C@](COCc1ccccc1)(C(C)=O)C(=O)OC. The van der Waals surface area contributed by atoms with Crippen LogP contribution in [0.25, 0.3) is 0 Å². The molecule has 0 aliphatic heterocycles. The van der Waals surface area contributed by atoms with Crippen LogP contribution in [0.5, 0.6) is 5.75 Å². The molecular formula is C24H27NO6. The molecular weight excluding hydrogens is 398 g/mol. The van der Waals surface area contributed by atoms with E-state index < -0.39 is 23.2 Å². The number of Topliss-reactive ketones (excluding diaryl/α,β-unsaturated/α-hetero) is 1. The molecule has 0 aromatic heterocycles. The first-order chi connectivity index (χ1) is 14.9. The molecule has 1 atom stereocenters. The normalized spacial score (nSPS) is 12.4. The summed E-state index contributed by atoms with van der Waals surface area (Å²) in [7, 11) is 2.71. The van der Waals surface area contributed by atoms with Crippen molar-refractivity contribution in [2.75, 3.05) is 20.8 Å². The van der Waals surface area contributed by atoms with Crippen LogP contribution in [0.3, 0.4) is 0 Å². The van der Waals surface area contributed by atoms with Crippen LogP contribution in [0.1, 0.15) is 18.1 Å². The highest BCUT2D eigenvalue weighted by Crippen LogP contribution is 2.25. The molecule has 164 valence electrons. The fourth-order valence-corrected chi connectivity index (χ4v) is 3.17. The number of methoxy groups -OCH3 is 2. The van der Waals surface area contributed by atoms with Crippen LogP contribution in [-0.2, 0) is 37.0 Å². The third-order valence-electron chi connectivity index (χ3n) is 4.93. The van der Waals surface area contributed by atoms with Crippen LogP contribution in [0.15, 0.2) is 67.3 Å². The minimum absolute atomic E-state index is 0.0295. The third-order valence-corrected chi connectivity index (χ3v) is 4.93. The quantitative estimate of drug-likeness (QED) is 0.313. The molecule has 31 heavy (non-hydrogen) atoms. The summed E-state index contributed by atoms with van der Waals surface area (Å²) < 4.78 is 15.8. The molecule has 0 spiro atoms. The predicted octanol–water partition coefficient (Wildman–Crippen LogP) is 2.93. The summed E-state index contributed by atoms with van der Waals surface area (Å²) >= 11 is 0. The lowest BCUT2D eigenvalue weighted by molar-refractivity contribution is -0.171. The van der Waals surface area contributed by atoms with Crippen LogP contribution in [0.2, 0.25) is 0 Å². The molecule has 0 saturated carbocycles. The predicted molar refractivity (Wildman–Crippen MR) is 115 cm³/mol. The summed E-state index contributed by atoms with van der Waals surface area (Å²) in [6.45, 7) is 4.52. The number of nitrogens with zero attached hydrogens (tertiary/aromatic N) is 1. The summed E-state index contributed by atoms with van der Waals surface area (Å²) in [4.78, 5) is 39.7. The molecule has 1 amide bonds. The Morgan fingerprint density at radius 2 is 1.65 bits per heavy atom. The Morgan fingerprint density at radius 1 is 1.00 bits per heavy atom. The summed E-state index contributed by atoms with van der Waals surface area (Å²) in [5, 5.41) is 0. The van der Waals surface area contributed by atoms with Crippen LogP contribution >= 0.6 is 0 Å². The highest BCUT2D eigenvalue weighted by molar-refractivity contribution is 6.11. The first-order valence-electron chi connectivity index (χ1n) is 9.67. The third kappa shape index (κ3) is 5.58. The van der Waals surface area contributed by atoms with E-state index >= 15 is 0 Å². The first kappa shape index (κ1) is 23.8. The van der Waals surface area contributed by atoms with E-state index in [-0.39, 0.29) is 19.8 Å². The van der Waals surface area contributed by atoms with Gasteiger partial charge < -0.3 is 19.1 Å². The molecule has 2 rings (SSSR count). The lowest BCUT2D eigenvalue weighted by Crippen LogP contribution is -2.64. The van der Waals surface area contributed by atoms with E-state index in [0.29, 0.717) is 11.3 Å². The zero-order valence-corrected chi connectivity index (χ0v) is 18.0. The van der Waals surface area contributed by atoms with Crippen LogP contribution in [-0.4, -0.2) is 48.9 Å². The van der Waals surface area contributed by atoms with E-state index in [1.165, 1.54) is 14.0 Å². The Morgan fingerprint density at radius 3 is 2.16 bits per heavy atom. The number of ketones is 1. The molecule has 2 aromatic rings. The maximum absolute atomic E-state index is 12.9. The second-order valence-corrected chi connectivity index (χ2v) is 6.86. The highest BCUT2D eigenvalue weighted by atomic mass is 16.5. The fraction of sp³-hybridized carbons (Fsp3) is 0.292. The van der Waals surface area contributed by atoms with Crippen molar-refractivity contribution in [2.24, 2.45) is 0 Å². The lowest BCUT2D eigenvalue weighted by atomic mass is 9.92. The van der Waals surface area contributed by atoms with Gasteiger partial charge in [0.15, 0.2) is 5.78 Å². The summed E-state index contributed by atoms with van der Waals surface area (Å²) in [6.07, 6.45) is 1.06. The van der Waals surface area contributed by atoms with Crippen LogP contribution < -0.4 is 4.74 Å². The molecule has 0 fully saturated rings. The molecule has 0 bridgehead atoms. The van der Waals surface area contributed by atoms with Gasteiger partial charge in [-0.25, -0.2) is 4.79 Å². The topological polar surface area (TPSA) is 82.1 Å². The van der Waals surface area contributed by atoms with Gasteiger partial charge in [-0.2, -0.15) is 0 Å². The first-order valence-corrected chi connectivity index (χ1v) is 9.67. The number of carbonyl (C=O) groups is 3. The van der Waals surface area contributed by atoms with Crippen molar-refractivity contribution < 1.29 is 28.6 Å². The fourth-order valence-electron chi connectivity index (χ4n) is 3.17. The smallest absolute Gasteiger partial charge is 0.342 e. The lowest BCUT2D eigenvalue weighted by Gasteiger charge is -2.39. The number of rotatable bonds is 11. The second kappa shape index (κ2) is 11.1. The van der Waals surface area contributed by atoms with E-state index in [0.717, 1.165) is 16.5 Å². The molecule has 0 saturated heterocycles. The van der Waals surface area contributed by atoms with Gasteiger partial charge in [0.1, 0.15) is 5.75 Å². The number of hydrogen-bond acceptors (Lipinski definition) is 6. The molecule has 0 N–H and O–H groups in total. The Bertz CT molecular complexity index is 909. The molecule has 0 aliphatic carbocycles. The van der Waals surface area contributed by atoms with Crippen molar-refractivity contribution in [3.8, 4) is 5.75 Å². The second-order valence-electron chi connectivity index (χ2n) is 6.86. The minimum atomic E-state index is -1.96. The van der Waals surface area contributed by atoms with Crippen LogP contribution in [0, 0.1) is 0 Å². The highest BCUT2D eigenvalue weighted by Gasteiger charge is 2.52. The maximum Gasteiger partial charge on any atom is 0.342 e. The van der Waals surface area contributed by atoms with E-state index in [9.17, 15) is 14.4 Å². The van der Waals surface area contributed by atoms with E-state index in [1.54, 1.807) is 31.4 Å². The summed E-state index contributed by atoms with van der Waals surface area (Å²) in [6, 6.07) is 16.2. The number of amides is 1. The molecule has 2 aromatic carbocycles. The largest absolute Gasteiger partial charge is 0.497 e. The number of benzene rings is 2. The van der Waals surface area contributed by atoms with Crippen LogP contribution in [0.4, 0.5) is 0 Å². The van der Waals surface area contributed by atoms with Gasteiger partial charge in [0.05, 0.1) is 27.4 Å². The molecule has 7 nitrogen and oxygen atoms in total. The Balaban J connectivity index is 2.41. The number of esters is 1. The van der Waals surface area contributed by atoms with Gasteiger partial charge in [-0.05, 0) is 36.3 Å². The van der Waals surface area contributed by atoms with Crippen molar-refractivity contribution >= 4 is 17.7 Å². The maximum atomic E-state index is 12.9. The van der Waals surface area contributed by atoms with Gasteiger partial charge in [0.2, 0.25) is 11.4 Å². The monoisotopic (exact) mass is 425 g/mol. The zero-order chi connectivity index (χ0) is 22.9. The van der Waals surface area contributed by atoms with Gasteiger partial charge >= 0.3 is 5.97 Å². The Hall–Kier alpha value is -3.45. The average Bonchev–Trinajstić information content (AvgIpc) is 2.80. The average molecular weight is 425 g/mol. The van der Waals surface area contributed by atoms with Gasteiger partial charge in [-0.1, -0.05) is 49.0 Å². The van der Waals surface area contributed by atoms with Gasteiger partial charge in [-0.15, -0.1) is 0 Å². The van der Waals surface area contributed by atoms with Crippen molar-refractivity contribution in [1.82, 2.24) is 4.90 Å². The Labute approximate surface area is 182 Å². The van der Waals surface area contributed by atoms with Crippen molar-refractivity contribution in [2.45, 2.75) is 25.6 Å².